The molecule has 146 valence electrons. The maximum absolute atomic E-state index is 6.22. The average Bonchev–Trinajstić information content (AvgIpc) is 2.74. The summed E-state index contributed by atoms with van der Waals surface area (Å²) in [5.41, 5.74) is 8.90. The number of benzene rings is 2. The number of nitrogens with zero attached hydrogens (tertiary/aromatic N) is 2. The smallest absolute Gasteiger partial charge is 0.0602 e. The minimum absolute atomic E-state index is 0.252. The summed E-state index contributed by atoms with van der Waals surface area (Å²) in [5.74, 6) is 0. The summed E-state index contributed by atoms with van der Waals surface area (Å²) >= 11 is 0. The first-order valence-corrected chi connectivity index (χ1v) is 10.2. The van der Waals surface area contributed by atoms with E-state index in [1.165, 1.54) is 11.1 Å². The van der Waals surface area contributed by atoms with Crippen LogP contribution in [0.4, 0.5) is 0 Å². The van der Waals surface area contributed by atoms with E-state index >= 15 is 0 Å². The van der Waals surface area contributed by atoms with Crippen molar-refractivity contribution in [2.45, 2.75) is 25.4 Å². The number of ether oxygens (including phenoxy) is 1. The summed E-state index contributed by atoms with van der Waals surface area (Å²) in [6, 6.07) is 22.3. The van der Waals surface area contributed by atoms with Gasteiger partial charge >= 0.3 is 0 Å². The standard InChI is InChI=1S/C23H33N3O/c1-2-13-26(19-22(18-24)25-14-16-27-17-15-25)23(20-9-5-3-6-10-20)21-11-7-4-8-12-21/h3-12,22-23H,2,13-19,24H2,1H3. The van der Waals surface area contributed by atoms with E-state index in [0.717, 1.165) is 45.8 Å². The van der Waals surface area contributed by atoms with Gasteiger partial charge in [-0.2, -0.15) is 0 Å². The van der Waals surface area contributed by atoms with Gasteiger partial charge in [0.05, 0.1) is 19.3 Å². The second kappa shape index (κ2) is 10.6. The first-order valence-electron chi connectivity index (χ1n) is 10.2. The van der Waals surface area contributed by atoms with Crippen molar-refractivity contribution in [3.63, 3.8) is 0 Å². The molecule has 1 fully saturated rings. The normalized spacial score (nSPS) is 16.7. The van der Waals surface area contributed by atoms with Gasteiger partial charge in [-0.15, -0.1) is 0 Å². The summed E-state index contributed by atoms with van der Waals surface area (Å²) in [6.45, 7) is 8.53. The Morgan fingerprint density at radius 3 is 2.00 bits per heavy atom. The van der Waals surface area contributed by atoms with Crippen LogP contribution in [0.3, 0.4) is 0 Å². The molecule has 0 radical (unpaired) electrons. The minimum Gasteiger partial charge on any atom is -0.379 e. The van der Waals surface area contributed by atoms with Crippen LogP contribution in [0, 0.1) is 0 Å². The van der Waals surface area contributed by atoms with E-state index in [0.29, 0.717) is 12.6 Å². The van der Waals surface area contributed by atoms with E-state index in [4.69, 9.17) is 10.5 Å². The number of morpholine rings is 1. The molecule has 4 heteroatoms. The molecule has 0 aromatic heterocycles. The van der Waals surface area contributed by atoms with Crippen molar-refractivity contribution in [3.8, 4) is 0 Å². The summed E-state index contributed by atoms with van der Waals surface area (Å²) in [7, 11) is 0. The minimum atomic E-state index is 0.252. The van der Waals surface area contributed by atoms with Gasteiger partial charge in [0.25, 0.3) is 0 Å². The van der Waals surface area contributed by atoms with Crippen molar-refractivity contribution < 1.29 is 4.74 Å². The van der Waals surface area contributed by atoms with Crippen molar-refractivity contribution in [1.82, 2.24) is 9.80 Å². The fraction of sp³-hybridized carbons (Fsp3) is 0.478. The van der Waals surface area contributed by atoms with Crippen LogP contribution in [0.1, 0.15) is 30.5 Å². The van der Waals surface area contributed by atoms with Crippen LogP contribution in [-0.2, 0) is 4.74 Å². The SMILES string of the molecule is CCCN(CC(CN)N1CCOCC1)C(c1ccccc1)c1ccccc1. The highest BCUT2D eigenvalue weighted by molar-refractivity contribution is 5.31. The fourth-order valence-electron chi connectivity index (χ4n) is 4.05. The van der Waals surface area contributed by atoms with Crippen molar-refractivity contribution >= 4 is 0 Å². The molecule has 27 heavy (non-hydrogen) atoms. The van der Waals surface area contributed by atoms with Gasteiger partial charge < -0.3 is 10.5 Å². The second-order valence-electron chi connectivity index (χ2n) is 7.26. The molecule has 1 atom stereocenters. The maximum atomic E-state index is 6.22. The lowest BCUT2D eigenvalue weighted by Gasteiger charge is -2.40. The van der Waals surface area contributed by atoms with Crippen LogP contribution in [0.2, 0.25) is 0 Å². The Morgan fingerprint density at radius 1 is 0.963 bits per heavy atom. The molecule has 1 heterocycles. The molecular formula is C23H33N3O. The third-order valence-corrected chi connectivity index (χ3v) is 5.39. The van der Waals surface area contributed by atoms with Gasteiger partial charge in [0, 0.05) is 32.2 Å². The topological polar surface area (TPSA) is 41.7 Å². The number of hydrogen-bond donors (Lipinski definition) is 1. The molecule has 1 saturated heterocycles. The highest BCUT2D eigenvalue weighted by Crippen LogP contribution is 2.29. The number of nitrogens with two attached hydrogens (primary N) is 1. The lowest BCUT2D eigenvalue weighted by Crippen LogP contribution is -2.52. The molecule has 2 aromatic rings. The van der Waals surface area contributed by atoms with Crippen molar-refractivity contribution in [2.75, 3.05) is 45.9 Å². The summed E-state index contributed by atoms with van der Waals surface area (Å²) in [4.78, 5) is 5.11. The van der Waals surface area contributed by atoms with Gasteiger partial charge in [-0.25, -0.2) is 0 Å². The largest absolute Gasteiger partial charge is 0.379 e. The Labute approximate surface area is 163 Å². The lowest BCUT2D eigenvalue weighted by molar-refractivity contribution is 0.00786. The molecule has 4 nitrogen and oxygen atoms in total. The molecule has 3 rings (SSSR count). The van der Waals surface area contributed by atoms with Crippen molar-refractivity contribution in [1.29, 1.82) is 0 Å². The van der Waals surface area contributed by atoms with E-state index in [9.17, 15) is 0 Å². The van der Waals surface area contributed by atoms with E-state index in [2.05, 4.69) is 77.4 Å². The predicted octanol–water partition coefficient (Wildman–Crippen LogP) is 3.15. The molecule has 1 aliphatic rings. The molecule has 0 spiro atoms. The summed E-state index contributed by atoms with van der Waals surface area (Å²) < 4.78 is 5.54. The highest BCUT2D eigenvalue weighted by Gasteiger charge is 2.27. The number of hydrogen-bond acceptors (Lipinski definition) is 4. The zero-order valence-electron chi connectivity index (χ0n) is 16.5. The van der Waals surface area contributed by atoms with E-state index < -0.39 is 0 Å². The number of rotatable bonds is 9. The van der Waals surface area contributed by atoms with Gasteiger partial charge in [-0.05, 0) is 24.1 Å². The zero-order valence-corrected chi connectivity index (χ0v) is 16.5. The first kappa shape index (κ1) is 20.0. The molecule has 0 bridgehead atoms. The Balaban J connectivity index is 1.88. The van der Waals surface area contributed by atoms with Crippen LogP contribution < -0.4 is 5.73 Å². The van der Waals surface area contributed by atoms with Crippen LogP contribution >= 0.6 is 0 Å². The van der Waals surface area contributed by atoms with Gasteiger partial charge in [0.1, 0.15) is 0 Å². The van der Waals surface area contributed by atoms with Gasteiger partial charge in [-0.3, -0.25) is 9.80 Å². The van der Waals surface area contributed by atoms with Crippen LogP contribution in [0.25, 0.3) is 0 Å². The molecule has 2 N–H and O–H groups in total. The summed E-state index contributed by atoms with van der Waals surface area (Å²) in [6.07, 6.45) is 1.12. The molecule has 0 saturated carbocycles. The maximum Gasteiger partial charge on any atom is 0.0602 e. The Hall–Kier alpha value is -1.72. The van der Waals surface area contributed by atoms with Crippen LogP contribution in [-0.4, -0.2) is 61.8 Å². The average molecular weight is 368 g/mol. The zero-order chi connectivity index (χ0) is 18.9. The molecular weight excluding hydrogens is 334 g/mol. The Kier molecular flexibility index (Phi) is 7.84. The summed E-state index contributed by atoms with van der Waals surface area (Å²) in [5, 5.41) is 0. The molecule has 0 aliphatic carbocycles. The van der Waals surface area contributed by atoms with Gasteiger partial charge in [-0.1, -0.05) is 67.6 Å². The van der Waals surface area contributed by atoms with Gasteiger partial charge in [0.2, 0.25) is 0 Å². The Morgan fingerprint density at radius 2 is 1.52 bits per heavy atom. The van der Waals surface area contributed by atoms with E-state index in [1.807, 2.05) is 0 Å². The molecule has 0 amide bonds. The van der Waals surface area contributed by atoms with Crippen LogP contribution in [0.5, 0.6) is 0 Å². The first-order chi connectivity index (χ1) is 13.3. The quantitative estimate of drug-likeness (QED) is 0.739. The lowest BCUT2D eigenvalue weighted by atomic mass is 9.96. The molecule has 1 aliphatic heterocycles. The van der Waals surface area contributed by atoms with Crippen molar-refractivity contribution in [3.05, 3.63) is 71.8 Å². The molecule has 2 aromatic carbocycles. The predicted molar refractivity (Wildman–Crippen MR) is 112 cm³/mol. The monoisotopic (exact) mass is 367 g/mol. The van der Waals surface area contributed by atoms with Gasteiger partial charge in [0.15, 0.2) is 0 Å². The second-order valence-corrected chi connectivity index (χ2v) is 7.26. The van der Waals surface area contributed by atoms with E-state index in [-0.39, 0.29) is 6.04 Å². The Bertz CT molecular complexity index is 604. The third-order valence-electron chi connectivity index (χ3n) is 5.39. The van der Waals surface area contributed by atoms with Crippen LogP contribution in [0.15, 0.2) is 60.7 Å². The van der Waals surface area contributed by atoms with E-state index in [1.54, 1.807) is 0 Å². The third kappa shape index (κ3) is 5.39. The molecule has 1 unspecified atom stereocenters. The highest BCUT2D eigenvalue weighted by atomic mass is 16.5. The fourth-order valence-corrected chi connectivity index (χ4v) is 4.05. The van der Waals surface area contributed by atoms with Crippen molar-refractivity contribution in [2.24, 2.45) is 5.73 Å².